The molecule has 3 heterocycles. The molecular weight excluding hydrogens is 430 g/mol. The lowest BCUT2D eigenvalue weighted by molar-refractivity contribution is -0.137. The lowest BCUT2D eigenvalue weighted by Crippen LogP contribution is -2.44. The largest absolute Gasteiger partial charge is 0.494 e. The minimum Gasteiger partial charge on any atom is -0.494 e. The van der Waals surface area contributed by atoms with Gasteiger partial charge < -0.3 is 14.2 Å². The molecule has 2 aliphatic rings. The molecule has 2 fully saturated rings. The number of amides is 1. The number of sulfonamides is 1. The summed E-state index contributed by atoms with van der Waals surface area (Å²) in [6, 6.07) is 8.07. The van der Waals surface area contributed by atoms with E-state index in [1.54, 1.807) is 13.8 Å². The van der Waals surface area contributed by atoms with Crippen molar-refractivity contribution in [2.24, 2.45) is 5.92 Å². The molecular formula is C23H31N3O5S. The summed E-state index contributed by atoms with van der Waals surface area (Å²) in [5.41, 5.74) is 1.49. The average molecular weight is 462 g/mol. The van der Waals surface area contributed by atoms with Crippen LogP contribution in [-0.2, 0) is 14.8 Å². The first kappa shape index (κ1) is 22.8. The second-order valence-electron chi connectivity index (χ2n) is 8.52. The molecule has 1 aromatic heterocycles. The Morgan fingerprint density at radius 1 is 1.12 bits per heavy atom. The fourth-order valence-electron chi connectivity index (χ4n) is 4.88. The van der Waals surface area contributed by atoms with Crippen LogP contribution in [0.25, 0.3) is 0 Å². The van der Waals surface area contributed by atoms with E-state index in [1.807, 2.05) is 36.1 Å². The van der Waals surface area contributed by atoms with E-state index in [2.05, 4.69) is 5.16 Å². The van der Waals surface area contributed by atoms with Crippen LogP contribution in [-0.4, -0.2) is 54.9 Å². The zero-order valence-corrected chi connectivity index (χ0v) is 19.7. The lowest BCUT2D eigenvalue weighted by atomic mass is 9.95. The Morgan fingerprint density at radius 3 is 2.41 bits per heavy atom. The average Bonchev–Trinajstić information content (AvgIpc) is 3.41. The van der Waals surface area contributed by atoms with Crippen LogP contribution < -0.4 is 4.74 Å². The van der Waals surface area contributed by atoms with Crippen molar-refractivity contribution in [3.63, 3.8) is 0 Å². The molecule has 8 nitrogen and oxygen atoms in total. The molecule has 1 atom stereocenters. The fraction of sp³-hybridized carbons (Fsp3) is 0.565. The number of rotatable bonds is 6. The summed E-state index contributed by atoms with van der Waals surface area (Å²) >= 11 is 0. The number of ether oxygens (including phenoxy) is 1. The standard InChI is InChI=1S/C23H31N3O5S/c1-4-30-20-9-7-18(8-10-20)21-6-5-13-26(21)23(27)19-11-14-25(15-12-19)32(28,29)22-16(2)24-31-17(22)3/h7-10,19,21H,4-6,11-15H2,1-3H3/t21-/m1/s1. The maximum atomic E-state index is 13.4. The number of benzene rings is 1. The summed E-state index contributed by atoms with van der Waals surface area (Å²) in [6.07, 6.45) is 2.96. The van der Waals surface area contributed by atoms with Crippen LogP contribution in [0.5, 0.6) is 5.75 Å². The van der Waals surface area contributed by atoms with Crippen LogP contribution in [0.4, 0.5) is 0 Å². The van der Waals surface area contributed by atoms with E-state index in [0.29, 0.717) is 44.0 Å². The van der Waals surface area contributed by atoms with E-state index in [1.165, 1.54) is 4.31 Å². The van der Waals surface area contributed by atoms with Gasteiger partial charge in [-0.3, -0.25) is 4.79 Å². The van der Waals surface area contributed by atoms with Crippen LogP contribution in [0, 0.1) is 19.8 Å². The zero-order chi connectivity index (χ0) is 22.9. The maximum absolute atomic E-state index is 13.4. The van der Waals surface area contributed by atoms with Gasteiger partial charge in [0.25, 0.3) is 0 Å². The van der Waals surface area contributed by atoms with Gasteiger partial charge in [-0.25, -0.2) is 8.42 Å². The van der Waals surface area contributed by atoms with Crippen molar-refractivity contribution in [3.8, 4) is 5.75 Å². The molecule has 4 rings (SSSR count). The topological polar surface area (TPSA) is 93.0 Å². The highest BCUT2D eigenvalue weighted by atomic mass is 32.2. The Balaban J connectivity index is 1.41. The van der Waals surface area contributed by atoms with E-state index in [4.69, 9.17) is 9.26 Å². The van der Waals surface area contributed by atoms with Gasteiger partial charge in [-0.1, -0.05) is 17.3 Å². The van der Waals surface area contributed by atoms with Gasteiger partial charge in [0.05, 0.1) is 12.6 Å². The second kappa shape index (κ2) is 9.23. The molecule has 174 valence electrons. The van der Waals surface area contributed by atoms with Gasteiger partial charge in [-0.15, -0.1) is 0 Å². The summed E-state index contributed by atoms with van der Waals surface area (Å²) in [6.45, 7) is 7.21. The normalized spacial score (nSPS) is 20.6. The maximum Gasteiger partial charge on any atom is 0.248 e. The summed E-state index contributed by atoms with van der Waals surface area (Å²) in [5, 5.41) is 3.78. The van der Waals surface area contributed by atoms with Gasteiger partial charge in [0.2, 0.25) is 15.9 Å². The minimum atomic E-state index is -3.67. The van der Waals surface area contributed by atoms with E-state index >= 15 is 0 Å². The van der Waals surface area contributed by atoms with Gasteiger partial charge in [0, 0.05) is 25.6 Å². The quantitative estimate of drug-likeness (QED) is 0.654. The van der Waals surface area contributed by atoms with Crippen molar-refractivity contribution in [1.82, 2.24) is 14.4 Å². The number of hydrogen-bond donors (Lipinski definition) is 0. The minimum absolute atomic E-state index is 0.0715. The Labute approximate surface area is 189 Å². The number of aryl methyl sites for hydroxylation is 2. The van der Waals surface area contributed by atoms with E-state index in [-0.39, 0.29) is 22.8 Å². The number of aromatic nitrogens is 1. The number of hydrogen-bond acceptors (Lipinski definition) is 6. The van der Waals surface area contributed by atoms with Crippen molar-refractivity contribution in [2.75, 3.05) is 26.2 Å². The smallest absolute Gasteiger partial charge is 0.248 e. The number of piperidine rings is 1. The summed E-state index contributed by atoms with van der Waals surface area (Å²) in [5.74, 6) is 1.11. The molecule has 0 unspecified atom stereocenters. The van der Waals surface area contributed by atoms with Crippen LogP contribution in [0.3, 0.4) is 0 Å². The third-order valence-electron chi connectivity index (χ3n) is 6.48. The summed E-state index contributed by atoms with van der Waals surface area (Å²) < 4.78 is 38.1. The molecule has 2 aromatic rings. The van der Waals surface area contributed by atoms with Crippen molar-refractivity contribution < 1.29 is 22.5 Å². The van der Waals surface area contributed by atoms with Crippen LogP contribution in [0.1, 0.15) is 55.7 Å². The number of carbonyl (C=O) groups is 1. The number of carbonyl (C=O) groups excluding carboxylic acids is 1. The third-order valence-corrected chi connectivity index (χ3v) is 8.62. The van der Waals surface area contributed by atoms with Gasteiger partial charge in [-0.2, -0.15) is 4.31 Å². The number of nitrogens with zero attached hydrogens (tertiary/aromatic N) is 3. The molecule has 9 heteroatoms. The second-order valence-corrected chi connectivity index (χ2v) is 10.4. The molecule has 0 bridgehead atoms. The predicted octanol–water partition coefficient (Wildman–Crippen LogP) is 3.45. The Bertz CT molecular complexity index is 1040. The van der Waals surface area contributed by atoms with Crippen LogP contribution in [0.15, 0.2) is 33.7 Å². The van der Waals surface area contributed by atoms with E-state index in [9.17, 15) is 13.2 Å². The highest BCUT2D eigenvalue weighted by molar-refractivity contribution is 7.89. The summed E-state index contributed by atoms with van der Waals surface area (Å²) in [7, 11) is -3.67. The fourth-order valence-corrected chi connectivity index (χ4v) is 6.64. The molecule has 2 saturated heterocycles. The first-order valence-electron chi connectivity index (χ1n) is 11.3. The van der Waals surface area contributed by atoms with Gasteiger partial charge in [0.15, 0.2) is 5.76 Å². The molecule has 0 spiro atoms. The molecule has 1 aromatic carbocycles. The van der Waals surface area contributed by atoms with Gasteiger partial charge in [0.1, 0.15) is 16.3 Å². The zero-order valence-electron chi connectivity index (χ0n) is 18.9. The van der Waals surface area contributed by atoms with Crippen LogP contribution in [0.2, 0.25) is 0 Å². The van der Waals surface area contributed by atoms with Crippen molar-refractivity contribution in [1.29, 1.82) is 0 Å². The Hall–Kier alpha value is -2.39. The molecule has 0 aliphatic carbocycles. The summed E-state index contributed by atoms with van der Waals surface area (Å²) in [4.78, 5) is 15.5. The molecule has 0 N–H and O–H groups in total. The predicted molar refractivity (Wildman–Crippen MR) is 119 cm³/mol. The van der Waals surface area contributed by atoms with Gasteiger partial charge >= 0.3 is 0 Å². The highest BCUT2D eigenvalue weighted by Gasteiger charge is 2.39. The van der Waals surface area contributed by atoms with Gasteiger partial charge in [-0.05, 0) is 64.2 Å². The molecule has 32 heavy (non-hydrogen) atoms. The molecule has 0 saturated carbocycles. The Kier molecular flexibility index (Phi) is 6.57. The molecule has 2 aliphatic heterocycles. The lowest BCUT2D eigenvalue weighted by Gasteiger charge is -2.34. The van der Waals surface area contributed by atoms with Crippen molar-refractivity contribution in [2.45, 2.75) is 57.4 Å². The van der Waals surface area contributed by atoms with Crippen molar-refractivity contribution >= 4 is 15.9 Å². The first-order valence-corrected chi connectivity index (χ1v) is 12.7. The Morgan fingerprint density at radius 2 is 1.81 bits per heavy atom. The van der Waals surface area contributed by atoms with E-state index < -0.39 is 10.0 Å². The first-order chi connectivity index (χ1) is 15.3. The van der Waals surface area contributed by atoms with Crippen LogP contribution >= 0.6 is 0 Å². The number of likely N-dealkylation sites (tertiary alicyclic amines) is 1. The monoisotopic (exact) mass is 461 g/mol. The molecule has 1 amide bonds. The SMILES string of the molecule is CCOc1ccc([C@H]2CCCN2C(=O)C2CCN(S(=O)(=O)c3c(C)noc3C)CC2)cc1. The third kappa shape index (κ3) is 4.28. The highest BCUT2D eigenvalue weighted by Crippen LogP contribution is 2.36. The molecule has 0 radical (unpaired) electrons. The van der Waals surface area contributed by atoms with Crippen molar-refractivity contribution in [3.05, 3.63) is 41.3 Å². The van der Waals surface area contributed by atoms with E-state index in [0.717, 1.165) is 30.7 Å².